The largest absolute Gasteiger partial charge is 0.490 e. The minimum absolute atomic E-state index is 0.01000. The molecule has 0 fully saturated rings. The number of hydrogen-bond donors (Lipinski definition) is 1. The summed E-state index contributed by atoms with van der Waals surface area (Å²) in [5.41, 5.74) is 4.50. The molecule has 3 rings (SSSR count). The van der Waals surface area contributed by atoms with Crippen LogP contribution in [-0.4, -0.2) is 49.2 Å². The summed E-state index contributed by atoms with van der Waals surface area (Å²) in [6.07, 6.45) is 0.167. The second-order valence-corrected chi connectivity index (χ2v) is 10.5. The Kier molecular flexibility index (Phi) is 7.61. The number of sulfonamides is 1. The van der Waals surface area contributed by atoms with Crippen molar-refractivity contribution in [3.05, 3.63) is 58.7 Å². The van der Waals surface area contributed by atoms with Crippen molar-refractivity contribution in [2.75, 3.05) is 24.2 Å². The maximum atomic E-state index is 12.4. The van der Waals surface area contributed by atoms with Crippen LogP contribution in [0.1, 0.15) is 42.5 Å². The normalized spacial score (nSPS) is 13.9. The minimum Gasteiger partial charge on any atom is -0.490 e. The van der Waals surface area contributed by atoms with E-state index in [0.717, 1.165) is 22.4 Å². The molecule has 0 aromatic heterocycles. The summed E-state index contributed by atoms with van der Waals surface area (Å²) >= 11 is 0. The lowest BCUT2D eigenvalue weighted by molar-refractivity contribution is -0.136. The molecule has 0 atom stereocenters. The first-order valence-electron chi connectivity index (χ1n) is 10.8. The second kappa shape index (κ2) is 10.2. The highest BCUT2D eigenvalue weighted by Gasteiger charge is 2.27. The van der Waals surface area contributed by atoms with E-state index in [0.29, 0.717) is 30.8 Å². The third-order valence-electron chi connectivity index (χ3n) is 5.52. The van der Waals surface area contributed by atoms with Crippen molar-refractivity contribution in [2.45, 2.75) is 45.9 Å². The van der Waals surface area contributed by atoms with Crippen molar-refractivity contribution >= 4 is 21.7 Å². The van der Waals surface area contributed by atoms with Gasteiger partial charge in [-0.3, -0.25) is 4.79 Å². The molecule has 1 aliphatic heterocycles. The third kappa shape index (κ3) is 6.24. The Morgan fingerprint density at radius 1 is 1.24 bits per heavy atom. The van der Waals surface area contributed by atoms with Gasteiger partial charge < -0.3 is 14.7 Å². The second-order valence-electron chi connectivity index (χ2n) is 8.46. The fraction of sp³-hybridized carbons (Fsp3) is 0.417. The van der Waals surface area contributed by atoms with Gasteiger partial charge in [0.05, 0.1) is 23.8 Å². The fourth-order valence-electron chi connectivity index (χ4n) is 3.82. The van der Waals surface area contributed by atoms with Gasteiger partial charge in [0, 0.05) is 32.4 Å². The van der Waals surface area contributed by atoms with Crippen molar-refractivity contribution in [1.82, 2.24) is 4.31 Å². The predicted octanol–water partition coefficient (Wildman–Crippen LogP) is 3.14. The van der Waals surface area contributed by atoms with Crippen molar-refractivity contribution in [3.8, 4) is 11.8 Å². The molecule has 0 aliphatic carbocycles. The summed E-state index contributed by atoms with van der Waals surface area (Å²) in [6.45, 7) is 5.04. The third-order valence-corrected chi connectivity index (χ3v) is 7.34. The van der Waals surface area contributed by atoms with E-state index < -0.39 is 22.4 Å². The standard InChI is InChI=1S/C24H29N3O5S/c1-17(2)32-23-7-4-18(12-21(23)14-25)15-26(3)22-6-5-20-16-27(10-8-19(20)13-22)33(30,31)11-9-24(28)29/h4-7,12-13,17H,8-11,15-16H2,1-3H3,(H,28,29). The number of ether oxygens (including phenoxy) is 1. The van der Waals surface area contributed by atoms with E-state index in [4.69, 9.17) is 9.84 Å². The SMILES string of the molecule is CC(C)Oc1ccc(CN(C)c2ccc3c(c2)CCN(S(=O)(=O)CCC(=O)O)C3)cc1C#N. The van der Waals surface area contributed by atoms with Crippen LogP contribution in [0.15, 0.2) is 36.4 Å². The van der Waals surface area contributed by atoms with Gasteiger partial charge in [0.1, 0.15) is 11.8 Å². The molecular formula is C24H29N3O5S. The number of nitrogens with zero attached hydrogens (tertiary/aromatic N) is 3. The first-order chi connectivity index (χ1) is 15.6. The van der Waals surface area contributed by atoms with Crippen LogP contribution in [-0.2, 0) is 34.3 Å². The number of hydrogen-bond acceptors (Lipinski definition) is 6. The van der Waals surface area contributed by atoms with Gasteiger partial charge in [0.25, 0.3) is 0 Å². The van der Waals surface area contributed by atoms with Crippen LogP contribution in [0.3, 0.4) is 0 Å². The minimum atomic E-state index is -3.60. The van der Waals surface area contributed by atoms with Gasteiger partial charge in [-0.05, 0) is 61.2 Å². The highest BCUT2D eigenvalue weighted by Crippen LogP contribution is 2.27. The van der Waals surface area contributed by atoms with Crippen LogP contribution in [0.25, 0.3) is 0 Å². The topological polar surface area (TPSA) is 111 Å². The van der Waals surface area contributed by atoms with Gasteiger partial charge >= 0.3 is 5.97 Å². The predicted molar refractivity (Wildman–Crippen MR) is 126 cm³/mol. The number of benzene rings is 2. The Morgan fingerprint density at radius 3 is 2.67 bits per heavy atom. The first kappa shape index (κ1) is 24.6. The zero-order valence-corrected chi connectivity index (χ0v) is 19.9. The lowest BCUT2D eigenvalue weighted by Crippen LogP contribution is -2.37. The van der Waals surface area contributed by atoms with Crippen LogP contribution in [0.5, 0.6) is 5.75 Å². The molecule has 2 aromatic rings. The average Bonchev–Trinajstić information content (AvgIpc) is 2.77. The fourth-order valence-corrected chi connectivity index (χ4v) is 5.21. The molecule has 0 radical (unpaired) electrons. The number of aliphatic carboxylic acids is 1. The zero-order chi connectivity index (χ0) is 24.2. The van der Waals surface area contributed by atoms with E-state index in [2.05, 4.69) is 17.0 Å². The molecule has 33 heavy (non-hydrogen) atoms. The molecule has 9 heteroatoms. The smallest absolute Gasteiger partial charge is 0.304 e. The Morgan fingerprint density at radius 2 is 2.00 bits per heavy atom. The quantitative estimate of drug-likeness (QED) is 0.598. The van der Waals surface area contributed by atoms with E-state index in [1.54, 1.807) is 0 Å². The molecule has 1 heterocycles. The maximum Gasteiger partial charge on any atom is 0.304 e. The van der Waals surface area contributed by atoms with Gasteiger partial charge in [-0.15, -0.1) is 0 Å². The Labute approximate surface area is 195 Å². The van der Waals surface area contributed by atoms with Crippen molar-refractivity contribution < 1.29 is 23.1 Å². The number of carbonyl (C=O) groups is 1. The van der Waals surface area contributed by atoms with Crippen molar-refractivity contribution in [3.63, 3.8) is 0 Å². The molecular weight excluding hydrogens is 442 g/mol. The van der Waals surface area contributed by atoms with Gasteiger partial charge in [-0.1, -0.05) is 12.1 Å². The van der Waals surface area contributed by atoms with E-state index in [-0.39, 0.29) is 18.4 Å². The van der Waals surface area contributed by atoms with Gasteiger partial charge in [-0.2, -0.15) is 9.57 Å². The molecule has 0 spiro atoms. The molecule has 0 amide bonds. The van der Waals surface area contributed by atoms with Gasteiger partial charge in [0.2, 0.25) is 10.0 Å². The van der Waals surface area contributed by atoms with Crippen LogP contribution < -0.4 is 9.64 Å². The van der Waals surface area contributed by atoms with Crippen LogP contribution in [0.4, 0.5) is 5.69 Å². The molecule has 0 saturated carbocycles. The molecule has 2 aromatic carbocycles. The van der Waals surface area contributed by atoms with Crippen molar-refractivity contribution in [1.29, 1.82) is 5.26 Å². The molecule has 8 nitrogen and oxygen atoms in total. The number of rotatable bonds is 9. The number of carboxylic acids is 1. The maximum absolute atomic E-state index is 12.4. The number of nitriles is 1. The summed E-state index contributed by atoms with van der Waals surface area (Å²) in [6, 6.07) is 13.8. The molecule has 0 bridgehead atoms. The number of anilines is 1. The lowest BCUT2D eigenvalue weighted by Gasteiger charge is -2.29. The van der Waals surface area contributed by atoms with Gasteiger partial charge in [-0.25, -0.2) is 8.42 Å². The Hall–Kier alpha value is -3.09. The number of carboxylic acid groups (broad SMARTS) is 1. The van der Waals surface area contributed by atoms with E-state index >= 15 is 0 Å². The molecule has 0 unspecified atom stereocenters. The first-order valence-corrected chi connectivity index (χ1v) is 12.4. The molecule has 0 saturated heterocycles. The highest BCUT2D eigenvalue weighted by atomic mass is 32.2. The van der Waals surface area contributed by atoms with E-state index in [1.807, 2.05) is 51.2 Å². The summed E-state index contributed by atoms with van der Waals surface area (Å²) in [7, 11) is -1.63. The summed E-state index contributed by atoms with van der Waals surface area (Å²) in [5.74, 6) is -0.923. The summed E-state index contributed by atoms with van der Waals surface area (Å²) in [4.78, 5) is 12.8. The number of fused-ring (bicyclic) bond motifs is 1. The highest BCUT2D eigenvalue weighted by molar-refractivity contribution is 7.89. The Bertz CT molecular complexity index is 1170. The monoisotopic (exact) mass is 471 g/mol. The van der Waals surface area contributed by atoms with E-state index in [9.17, 15) is 18.5 Å². The Balaban J connectivity index is 1.70. The molecule has 1 N–H and O–H groups in total. The van der Waals surface area contributed by atoms with Crippen LogP contribution in [0.2, 0.25) is 0 Å². The zero-order valence-electron chi connectivity index (χ0n) is 19.1. The van der Waals surface area contributed by atoms with Crippen LogP contribution >= 0.6 is 0 Å². The van der Waals surface area contributed by atoms with Crippen LogP contribution in [0, 0.1) is 11.3 Å². The summed E-state index contributed by atoms with van der Waals surface area (Å²) < 4.78 is 31.9. The van der Waals surface area contributed by atoms with Crippen molar-refractivity contribution in [2.24, 2.45) is 0 Å². The lowest BCUT2D eigenvalue weighted by atomic mass is 10.00. The van der Waals surface area contributed by atoms with Gasteiger partial charge in [0.15, 0.2) is 0 Å². The van der Waals surface area contributed by atoms with E-state index in [1.165, 1.54) is 4.31 Å². The average molecular weight is 472 g/mol. The molecule has 1 aliphatic rings. The molecule has 176 valence electrons. The summed E-state index contributed by atoms with van der Waals surface area (Å²) in [5, 5.41) is 18.2.